The SMILES string of the molecule is COCCNC(=O)c1cc2sc(C)cc2n1Cc1cccc(C)c1. The average molecular weight is 342 g/mol. The molecule has 0 unspecified atom stereocenters. The van der Waals surface area contributed by atoms with Crippen LogP contribution in [0.3, 0.4) is 0 Å². The van der Waals surface area contributed by atoms with E-state index < -0.39 is 0 Å². The molecule has 5 heteroatoms. The largest absolute Gasteiger partial charge is 0.383 e. The molecule has 3 aromatic rings. The maximum Gasteiger partial charge on any atom is 0.268 e. The molecule has 2 heterocycles. The summed E-state index contributed by atoms with van der Waals surface area (Å²) in [6, 6.07) is 12.6. The normalized spacial score (nSPS) is 11.1. The summed E-state index contributed by atoms with van der Waals surface area (Å²) >= 11 is 1.72. The number of hydrogen-bond acceptors (Lipinski definition) is 3. The molecular formula is C19H22N2O2S. The number of ether oxygens (including phenoxy) is 1. The van der Waals surface area contributed by atoms with Crippen LogP contribution in [0.15, 0.2) is 36.4 Å². The number of rotatable bonds is 6. The number of benzene rings is 1. The van der Waals surface area contributed by atoms with Crippen molar-refractivity contribution in [1.82, 2.24) is 9.88 Å². The first kappa shape index (κ1) is 16.7. The molecule has 0 saturated heterocycles. The Bertz CT molecular complexity index is 864. The number of carbonyl (C=O) groups excluding carboxylic acids is 1. The van der Waals surface area contributed by atoms with E-state index in [1.165, 1.54) is 16.0 Å². The lowest BCUT2D eigenvalue weighted by Crippen LogP contribution is -2.29. The highest BCUT2D eigenvalue weighted by Gasteiger charge is 2.17. The van der Waals surface area contributed by atoms with Crippen molar-refractivity contribution < 1.29 is 9.53 Å². The Balaban J connectivity index is 1.96. The lowest BCUT2D eigenvalue weighted by Gasteiger charge is -2.11. The highest BCUT2D eigenvalue weighted by Crippen LogP contribution is 2.29. The van der Waals surface area contributed by atoms with Gasteiger partial charge in [-0.25, -0.2) is 0 Å². The van der Waals surface area contributed by atoms with Crippen molar-refractivity contribution in [3.63, 3.8) is 0 Å². The molecule has 1 N–H and O–H groups in total. The third-order valence-corrected chi connectivity index (χ3v) is 4.95. The van der Waals surface area contributed by atoms with Gasteiger partial charge >= 0.3 is 0 Å². The summed E-state index contributed by atoms with van der Waals surface area (Å²) in [5.74, 6) is -0.0549. The molecule has 4 nitrogen and oxygen atoms in total. The number of carbonyl (C=O) groups is 1. The number of fused-ring (bicyclic) bond motifs is 1. The van der Waals surface area contributed by atoms with E-state index in [4.69, 9.17) is 4.74 Å². The maximum absolute atomic E-state index is 12.6. The number of thiophene rings is 1. The lowest BCUT2D eigenvalue weighted by molar-refractivity contribution is 0.0928. The molecule has 0 bridgehead atoms. The van der Waals surface area contributed by atoms with Gasteiger partial charge in [-0.2, -0.15) is 0 Å². The van der Waals surface area contributed by atoms with E-state index in [-0.39, 0.29) is 5.91 Å². The van der Waals surface area contributed by atoms with Crippen molar-refractivity contribution in [1.29, 1.82) is 0 Å². The molecule has 0 spiro atoms. The number of hydrogen-bond donors (Lipinski definition) is 1. The third-order valence-electron chi connectivity index (χ3n) is 3.96. The van der Waals surface area contributed by atoms with Gasteiger partial charge in [0.25, 0.3) is 5.91 Å². The first-order valence-corrected chi connectivity index (χ1v) is 8.82. The van der Waals surface area contributed by atoms with Crippen LogP contribution in [-0.2, 0) is 11.3 Å². The second-order valence-electron chi connectivity index (χ2n) is 5.96. The van der Waals surface area contributed by atoms with Crippen molar-refractivity contribution in [3.8, 4) is 0 Å². The van der Waals surface area contributed by atoms with E-state index in [0.29, 0.717) is 25.4 Å². The predicted molar refractivity (Wildman–Crippen MR) is 99.0 cm³/mol. The number of aromatic nitrogens is 1. The molecule has 0 fully saturated rings. The fraction of sp³-hybridized carbons (Fsp3) is 0.316. The number of aryl methyl sites for hydroxylation is 2. The zero-order valence-corrected chi connectivity index (χ0v) is 15.1. The average Bonchev–Trinajstić information content (AvgIpc) is 3.05. The second kappa shape index (κ2) is 7.20. The summed E-state index contributed by atoms with van der Waals surface area (Å²) in [7, 11) is 1.63. The molecule has 24 heavy (non-hydrogen) atoms. The quantitative estimate of drug-likeness (QED) is 0.694. The Morgan fingerprint density at radius 1 is 1.25 bits per heavy atom. The zero-order chi connectivity index (χ0) is 17.1. The lowest BCUT2D eigenvalue weighted by atomic mass is 10.1. The van der Waals surface area contributed by atoms with Gasteiger partial charge in [-0.3, -0.25) is 4.79 Å². The molecule has 0 atom stereocenters. The van der Waals surface area contributed by atoms with Crippen molar-refractivity contribution in [2.75, 3.05) is 20.3 Å². The first-order chi connectivity index (χ1) is 11.6. The smallest absolute Gasteiger partial charge is 0.268 e. The van der Waals surface area contributed by atoms with E-state index in [2.05, 4.69) is 54.1 Å². The van der Waals surface area contributed by atoms with Crippen LogP contribution in [0.1, 0.15) is 26.5 Å². The fourth-order valence-electron chi connectivity index (χ4n) is 2.87. The van der Waals surface area contributed by atoms with Crippen molar-refractivity contribution in [2.45, 2.75) is 20.4 Å². The molecule has 0 aliphatic carbocycles. The minimum atomic E-state index is -0.0549. The van der Waals surface area contributed by atoms with Crippen LogP contribution in [0.2, 0.25) is 0 Å². The van der Waals surface area contributed by atoms with Crippen LogP contribution in [0.25, 0.3) is 10.2 Å². The summed E-state index contributed by atoms with van der Waals surface area (Å²) < 4.78 is 8.26. The molecule has 3 rings (SSSR count). The van der Waals surface area contributed by atoms with Crippen LogP contribution in [0, 0.1) is 13.8 Å². The monoisotopic (exact) mass is 342 g/mol. The summed E-state index contributed by atoms with van der Waals surface area (Å²) in [6.07, 6.45) is 0. The Labute approximate surface area is 146 Å². The molecule has 2 aromatic heterocycles. The standard InChI is InChI=1S/C19H22N2O2S/c1-13-5-4-6-15(9-13)12-21-16-10-14(2)24-18(16)11-17(21)19(22)20-7-8-23-3/h4-6,9-11H,7-8,12H2,1-3H3,(H,20,22). The van der Waals surface area contributed by atoms with Gasteiger partial charge in [0.05, 0.1) is 16.8 Å². The Morgan fingerprint density at radius 2 is 2.08 bits per heavy atom. The Hall–Kier alpha value is -2.11. The molecule has 0 saturated carbocycles. The van der Waals surface area contributed by atoms with Gasteiger partial charge in [-0.1, -0.05) is 29.8 Å². The van der Waals surface area contributed by atoms with E-state index in [1.54, 1.807) is 18.4 Å². The van der Waals surface area contributed by atoms with E-state index >= 15 is 0 Å². The van der Waals surface area contributed by atoms with Gasteiger partial charge in [0, 0.05) is 25.1 Å². The Morgan fingerprint density at radius 3 is 2.83 bits per heavy atom. The molecule has 0 radical (unpaired) electrons. The van der Waals surface area contributed by atoms with E-state index in [9.17, 15) is 4.79 Å². The van der Waals surface area contributed by atoms with Crippen LogP contribution in [0.4, 0.5) is 0 Å². The number of nitrogens with one attached hydrogen (secondary N) is 1. The highest BCUT2D eigenvalue weighted by atomic mass is 32.1. The van der Waals surface area contributed by atoms with Crippen molar-refractivity contribution >= 4 is 27.5 Å². The van der Waals surface area contributed by atoms with Crippen LogP contribution in [-0.4, -0.2) is 30.7 Å². The van der Waals surface area contributed by atoms with E-state index in [1.807, 2.05) is 6.07 Å². The number of amides is 1. The number of methoxy groups -OCH3 is 1. The van der Waals surface area contributed by atoms with Crippen LogP contribution < -0.4 is 5.32 Å². The van der Waals surface area contributed by atoms with Gasteiger partial charge in [0.15, 0.2) is 0 Å². The van der Waals surface area contributed by atoms with Crippen molar-refractivity contribution in [3.05, 3.63) is 58.1 Å². The predicted octanol–water partition coefficient (Wildman–Crippen LogP) is 3.74. The van der Waals surface area contributed by atoms with Gasteiger partial charge in [-0.15, -0.1) is 11.3 Å². The van der Waals surface area contributed by atoms with Crippen molar-refractivity contribution in [2.24, 2.45) is 0 Å². The van der Waals surface area contributed by atoms with Gasteiger partial charge in [0.2, 0.25) is 0 Å². The second-order valence-corrected chi connectivity index (χ2v) is 7.25. The van der Waals surface area contributed by atoms with E-state index in [0.717, 1.165) is 10.2 Å². The molecule has 0 aliphatic rings. The first-order valence-electron chi connectivity index (χ1n) is 8.01. The minimum absolute atomic E-state index is 0.0549. The fourth-order valence-corrected chi connectivity index (χ4v) is 3.84. The molecule has 1 aromatic carbocycles. The van der Waals surface area contributed by atoms with Gasteiger partial charge < -0.3 is 14.6 Å². The zero-order valence-electron chi connectivity index (χ0n) is 14.3. The summed E-state index contributed by atoms with van der Waals surface area (Å²) in [6.45, 7) is 5.89. The molecular weight excluding hydrogens is 320 g/mol. The molecule has 1 amide bonds. The van der Waals surface area contributed by atoms with Gasteiger partial charge in [0.1, 0.15) is 5.69 Å². The summed E-state index contributed by atoms with van der Waals surface area (Å²) in [4.78, 5) is 13.8. The topological polar surface area (TPSA) is 43.3 Å². The highest BCUT2D eigenvalue weighted by molar-refractivity contribution is 7.19. The molecule has 0 aliphatic heterocycles. The minimum Gasteiger partial charge on any atom is -0.383 e. The number of nitrogens with zero attached hydrogens (tertiary/aromatic N) is 1. The third kappa shape index (κ3) is 3.52. The molecule has 126 valence electrons. The van der Waals surface area contributed by atoms with Crippen LogP contribution >= 0.6 is 11.3 Å². The summed E-state index contributed by atoms with van der Waals surface area (Å²) in [5, 5.41) is 2.92. The van der Waals surface area contributed by atoms with Crippen LogP contribution in [0.5, 0.6) is 0 Å². The summed E-state index contributed by atoms with van der Waals surface area (Å²) in [5.41, 5.74) is 4.25. The maximum atomic E-state index is 12.6. The Kier molecular flexibility index (Phi) is 5.02. The van der Waals surface area contributed by atoms with Gasteiger partial charge in [-0.05, 0) is 31.5 Å².